The molecule has 2 amide bonds. The molecule has 2 aromatic carbocycles. The number of ether oxygens (including phenoxy) is 1. The Morgan fingerprint density at radius 3 is 2.62 bits per heavy atom. The van der Waals surface area contributed by atoms with Crippen LogP contribution in [0.3, 0.4) is 0 Å². The normalized spacial score (nSPS) is 17.4. The predicted octanol–water partition coefficient (Wildman–Crippen LogP) is 3.71. The zero-order chi connectivity index (χ0) is 22.8. The second-order valence-corrected chi connectivity index (χ2v) is 8.18. The number of carbonyl (C=O) groups is 2. The number of aromatic nitrogens is 2. The first-order chi connectivity index (χ1) is 15.4. The lowest BCUT2D eigenvalue weighted by molar-refractivity contribution is -0.118. The lowest BCUT2D eigenvalue weighted by Crippen LogP contribution is -2.50. The molecule has 7 nitrogen and oxygen atoms in total. The van der Waals surface area contributed by atoms with E-state index in [-0.39, 0.29) is 17.7 Å². The van der Waals surface area contributed by atoms with Crippen LogP contribution in [-0.2, 0) is 11.8 Å². The molecule has 1 aliphatic rings. The van der Waals surface area contributed by atoms with Crippen molar-refractivity contribution in [2.45, 2.75) is 39.2 Å². The lowest BCUT2D eigenvalue weighted by atomic mass is 9.82. The smallest absolute Gasteiger partial charge is 0.251 e. The van der Waals surface area contributed by atoms with Gasteiger partial charge in [-0.15, -0.1) is 0 Å². The molecule has 0 aliphatic carbocycles. The number of fused-ring (bicyclic) bond motifs is 1. The number of amides is 2. The van der Waals surface area contributed by atoms with Crippen molar-refractivity contribution in [2.24, 2.45) is 7.05 Å². The molecule has 3 aromatic rings. The fourth-order valence-corrected chi connectivity index (χ4v) is 4.22. The van der Waals surface area contributed by atoms with Crippen LogP contribution in [0.5, 0.6) is 5.75 Å². The molecule has 0 unspecified atom stereocenters. The molecule has 32 heavy (non-hydrogen) atoms. The van der Waals surface area contributed by atoms with Crippen LogP contribution >= 0.6 is 0 Å². The quantitative estimate of drug-likeness (QED) is 0.622. The Labute approximate surface area is 187 Å². The fraction of sp³-hybridized carbons (Fsp3) is 0.320. The van der Waals surface area contributed by atoms with Crippen molar-refractivity contribution in [1.82, 2.24) is 15.1 Å². The number of benzene rings is 2. The van der Waals surface area contributed by atoms with Crippen LogP contribution in [-0.4, -0.2) is 34.2 Å². The van der Waals surface area contributed by atoms with E-state index in [4.69, 9.17) is 4.74 Å². The summed E-state index contributed by atoms with van der Waals surface area (Å²) in [5.41, 5.74) is 4.14. The van der Waals surface area contributed by atoms with Crippen LogP contribution in [0, 0.1) is 13.8 Å². The summed E-state index contributed by atoms with van der Waals surface area (Å²) >= 11 is 0. The van der Waals surface area contributed by atoms with Gasteiger partial charge in [0.05, 0.1) is 12.3 Å². The highest BCUT2D eigenvalue weighted by Crippen LogP contribution is 2.39. The second-order valence-electron chi connectivity index (χ2n) is 8.18. The minimum Gasteiger partial charge on any atom is -0.494 e. The highest BCUT2D eigenvalue weighted by atomic mass is 16.5. The minimum absolute atomic E-state index is 0.266. The van der Waals surface area contributed by atoms with Crippen molar-refractivity contribution >= 4 is 17.6 Å². The van der Waals surface area contributed by atoms with Crippen molar-refractivity contribution in [3.05, 3.63) is 76.5 Å². The third kappa shape index (κ3) is 4.10. The Morgan fingerprint density at radius 2 is 1.94 bits per heavy atom. The summed E-state index contributed by atoms with van der Waals surface area (Å²) in [5.74, 6) is 0.509. The van der Waals surface area contributed by atoms with E-state index in [1.807, 2.05) is 56.3 Å². The topological polar surface area (TPSA) is 85.2 Å². The van der Waals surface area contributed by atoms with Crippen LogP contribution in [0.15, 0.2) is 48.5 Å². The van der Waals surface area contributed by atoms with Crippen LogP contribution in [0.4, 0.5) is 5.82 Å². The highest BCUT2D eigenvalue weighted by molar-refractivity contribution is 6.04. The van der Waals surface area contributed by atoms with Crippen molar-refractivity contribution in [1.29, 1.82) is 0 Å². The molecule has 2 N–H and O–H groups in total. The Hall–Kier alpha value is -3.61. The first-order valence-corrected chi connectivity index (χ1v) is 10.8. The molecule has 7 heteroatoms. The predicted molar refractivity (Wildman–Crippen MR) is 123 cm³/mol. The summed E-state index contributed by atoms with van der Waals surface area (Å²) in [6.07, 6.45) is 0.926. The summed E-state index contributed by atoms with van der Waals surface area (Å²) < 4.78 is 7.38. The number of aryl methyl sites for hydroxylation is 3. The molecular weight excluding hydrogens is 404 g/mol. The summed E-state index contributed by atoms with van der Waals surface area (Å²) in [4.78, 5) is 26.2. The van der Waals surface area contributed by atoms with E-state index in [2.05, 4.69) is 22.7 Å². The SMILES string of the molecule is CCCOc1ccc([C@H]2c3c(C)nn(C)c3NC(=O)[C@@H]2NC(=O)c2cccc(C)c2)cc1. The first kappa shape index (κ1) is 21.6. The molecular formula is C25H28N4O3. The molecule has 1 aromatic heterocycles. The number of nitrogens with one attached hydrogen (secondary N) is 2. The molecule has 1 aliphatic heterocycles. The van der Waals surface area contributed by atoms with Crippen molar-refractivity contribution in [3.63, 3.8) is 0 Å². The standard InChI is InChI=1S/C25H28N4O3/c1-5-13-32-19-11-9-17(10-12-19)21-20-16(3)28-29(4)23(20)27-25(31)22(21)26-24(30)18-8-6-7-15(2)14-18/h6-12,14,21-22H,5,13H2,1-4H3,(H,26,30)(H,27,31)/t21-,22+/m0/s1. The molecule has 166 valence electrons. The molecule has 0 saturated heterocycles. The lowest BCUT2D eigenvalue weighted by Gasteiger charge is -2.32. The third-order valence-corrected chi connectivity index (χ3v) is 5.72. The van der Waals surface area contributed by atoms with Gasteiger partial charge in [0.25, 0.3) is 5.91 Å². The average molecular weight is 433 g/mol. The molecule has 0 saturated carbocycles. The van der Waals surface area contributed by atoms with Gasteiger partial charge in [-0.25, -0.2) is 0 Å². The maximum Gasteiger partial charge on any atom is 0.251 e. The van der Waals surface area contributed by atoms with Gasteiger partial charge in [-0.05, 0) is 50.1 Å². The van der Waals surface area contributed by atoms with Gasteiger partial charge in [0.2, 0.25) is 5.91 Å². The van der Waals surface area contributed by atoms with Crippen molar-refractivity contribution in [2.75, 3.05) is 11.9 Å². The molecule has 0 bridgehead atoms. The van der Waals surface area contributed by atoms with E-state index in [1.54, 1.807) is 17.8 Å². The number of hydrogen-bond donors (Lipinski definition) is 2. The number of hydrogen-bond acceptors (Lipinski definition) is 4. The molecule has 4 rings (SSSR count). The first-order valence-electron chi connectivity index (χ1n) is 10.8. The Bertz CT molecular complexity index is 1150. The Kier molecular flexibility index (Phi) is 5.99. The van der Waals surface area contributed by atoms with E-state index in [9.17, 15) is 9.59 Å². The Balaban J connectivity index is 1.73. The number of nitrogens with zero attached hydrogens (tertiary/aromatic N) is 2. The van der Waals surface area contributed by atoms with E-state index in [0.29, 0.717) is 18.0 Å². The number of anilines is 1. The van der Waals surface area contributed by atoms with Crippen LogP contribution in [0.1, 0.15) is 52.0 Å². The minimum atomic E-state index is -0.777. The van der Waals surface area contributed by atoms with Gasteiger partial charge < -0.3 is 15.4 Å². The molecule has 0 fully saturated rings. The van der Waals surface area contributed by atoms with Crippen molar-refractivity contribution in [3.8, 4) is 5.75 Å². The zero-order valence-corrected chi connectivity index (χ0v) is 18.8. The van der Waals surface area contributed by atoms with Gasteiger partial charge in [0.15, 0.2) is 0 Å². The summed E-state index contributed by atoms with van der Waals surface area (Å²) in [5, 5.41) is 10.4. The van der Waals surface area contributed by atoms with E-state index >= 15 is 0 Å². The van der Waals surface area contributed by atoms with Gasteiger partial charge >= 0.3 is 0 Å². The van der Waals surface area contributed by atoms with Crippen LogP contribution < -0.4 is 15.4 Å². The van der Waals surface area contributed by atoms with Gasteiger partial charge in [-0.1, -0.05) is 36.8 Å². The average Bonchev–Trinajstić information content (AvgIpc) is 3.06. The number of rotatable bonds is 6. The Morgan fingerprint density at radius 1 is 1.19 bits per heavy atom. The van der Waals surface area contributed by atoms with Gasteiger partial charge in [-0.2, -0.15) is 5.10 Å². The summed E-state index contributed by atoms with van der Waals surface area (Å²) in [6.45, 7) is 6.55. The van der Waals surface area contributed by atoms with Crippen LogP contribution in [0.25, 0.3) is 0 Å². The van der Waals surface area contributed by atoms with Crippen LogP contribution in [0.2, 0.25) is 0 Å². The molecule has 2 heterocycles. The maximum absolute atomic E-state index is 13.2. The number of carbonyl (C=O) groups excluding carboxylic acids is 2. The molecule has 2 atom stereocenters. The van der Waals surface area contributed by atoms with Gasteiger partial charge in [-0.3, -0.25) is 14.3 Å². The summed E-state index contributed by atoms with van der Waals surface area (Å²) in [6, 6.07) is 14.3. The van der Waals surface area contributed by atoms with Gasteiger partial charge in [0, 0.05) is 24.1 Å². The van der Waals surface area contributed by atoms with Gasteiger partial charge in [0.1, 0.15) is 17.6 Å². The van der Waals surface area contributed by atoms with Crippen molar-refractivity contribution < 1.29 is 14.3 Å². The largest absolute Gasteiger partial charge is 0.494 e. The third-order valence-electron chi connectivity index (χ3n) is 5.72. The zero-order valence-electron chi connectivity index (χ0n) is 18.8. The fourth-order valence-electron chi connectivity index (χ4n) is 4.22. The van der Waals surface area contributed by atoms with E-state index < -0.39 is 6.04 Å². The molecule has 0 spiro atoms. The maximum atomic E-state index is 13.2. The van der Waals surface area contributed by atoms with E-state index in [0.717, 1.165) is 34.6 Å². The summed E-state index contributed by atoms with van der Waals surface area (Å²) in [7, 11) is 1.80. The second kappa shape index (κ2) is 8.86. The van der Waals surface area contributed by atoms with E-state index in [1.165, 1.54) is 0 Å². The molecule has 0 radical (unpaired) electrons. The monoisotopic (exact) mass is 432 g/mol. The highest BCUT2D eigenvalue weighted by Gasteiger charge is 2.41.